The van der Waals surface area contributed by atoms with Crippen molar-refractivity contribution in [1.29, 1.82) is 0 Å². The zero-order valence-corrected chi connectivity index (χ0v) is 18.3. The number of ketones is 1. The summed E-state index contributed by atoms with van der Waals surface area (Å²) in [4.78, 5) is 28.0. The smallest absolute Gasteiger partial charge is 0.292 e. The number of nitrogens with one attached hydrogen (secondary N) is 1. The molecule has 1 aliphatic rings. The second-order valence-corrected chi connectivity index (χ2v) is 8.50. The molecule has 0 atom stereocenters. The Morgan fingerprint density at radius 1 is 1.10 bits per heavy atom. The molecule has 5 heteroatoms. The van der Waals surface area contributed by atoms with Gasteiger partial charge in [-0.25, -0.2) is 0 Å². The molecule has 5 nitrogen and oxygen atoms in total. The van der Waals surface area contributed by atoms with E-state index in [2.05, 4.69) is 42.5 Å². The van der Waals surface area contributed by atoms with Crippen molar-refractivity contribution < 1.29 is 9.59 Å². The zero-order chi connectivity index (χ0) is 21.0. The zero-order valence-electron chi connectivity index (χ0n) is 18.3. The molecule has 1 amide bonds. The lowest BCUT2D eigenvalue weighted by molar-refractivity contribution is -0.117. The number of amides is 1. The number of hydrogen-bond donors (Lipinski definition) is 1. The molecule has 158 valence electrons. The lowest BCUT2D eigenvalue weighted by Crippen LogP contribution is -2.40. The first-order valence-corrected chi connectivity index (χ1v) is 11.1. The highest BCUT2D eigenvalue weighted by Crippen LogP contribution is 2.28. The summed E-state index contributed by atoms with van der Waals surface area (Å²) in [6, 6.07) is 8.69. The number of carbonyl (C=O) groups is 2. The number of para-hydroxylation sites is 1. The van der Waals surface area contributed by atoms with Crippen LogP contribution in [0.3, 0.4) is 0 Å². The Hall–Kier alpha value is -2.14. The molecule has 0 spiro atoms. The van der Waals surface area contributed by atoms with Crippen LogP contribution in [0.25, 0.3) is 10.9 Å². The van der Waals surface area contributed by atoms with Gasteiger partial charge in [0.25, 0.3) is 11.7 Å². The van der Waals surface area contributed by atoms with E-state index >= 15 is 0 Å². The summed E-state index contributed by atoms with van der Waals surface area (Å²) in [6.07, 6.45) is 6.41. The molecule has 0 saturated heterocycles. The lowest BCUT2D eigenvalue weighted by atomic mass is 9.85. The Kier molecular flexibility index (Phi) is 7.12. The monoisotopic (exact) mass is 397 g/mol. The van der Waals surface area contributed by atoms with Crippen LogP contribution in [-0.2, 0) is 4.79 Å². The fourth-order valence-electron chi connectivity index (χ4n) is 4.71. The van der Waals surface area contributed by atoms with Gasteiger partial charge >= 0.3 is 0 Å². The summed E-state index contributed by atoms with van der Waals surface area (Å²) < 4.78 is 2.06. The van der Waals surface area contributed by atoms with E-state index < -0.39 is 11.7 Å². The molecule has 2 aromatic rings. The van der Waals surface area contributed by atoms with Crippen LogP contribution in [0.15, 0.2) is 30.5 Å². The third kappa shape index (κ3) is 4.72. The second-order valence-electron chi connectivity index (χ2n) is 8.50. The first-order chi connectivity index (χ1) is 14.0. The molecule has 3 rings (SSSR count). The number of rotatable bonds is 8. The first-order valence-electron chi connectivity index (χ1n) is 11.1. The minimum absolute atomic E-state index is 0.227. The van der Waals surface area contributed by atoms with Crippen molar-refractivity contribution in [2.45, 2.75) is 65.5 Å². The van der Waals surface area contributed by atoms with E-state index in [-0.39, 0.29) is 6.04 Å². The molecule has 1 N–H and O–H groups in total. The summed E-state index contributed by atoms with van der Waals surface area (Å²) in [5.74, 6) is -0.449. The van der Waals surface area contributed by atoms with E-state index in [0.717, 1.165) is 36.8 Å². The summed E-state index contributed by atoms with van der Waals surface area (Å²) in [5.41, 5.74) is 1.49. The largest absolute Gasteiger partial charge is 0.349 e. The number of benzene rings is 1. The minimum Gasteiger partial charge on any atom is -0.349 e. The van der Waals surface area contributed by atoms with Gasteiger partial charge in [-0.3, -0.25) is 9.59 Å². The molecule has 29 heavy (non-hydrogen) atoms. The fourth-order valence-corrected chi connectivity index (χ4v) is 4.71. The first kappa shape index (κ1) is 21.6. The molecule has 0 aliphatic heterocycles. The Balaban J connectivity index is 1.60. The van der Waals surface area contributed by atoms with Crippen LogP contribution < -0.4 is 5.32 Å². The molecular weight excluding hydrogens is 362 g/mol. The van der Waals surface area contributed by atoms with Crippen molar-refractivity contribution in [1.82, 2.24) is 14.8 Å². The summed E-state index contributed by atoms with van der Waals surface area (Å²) in [5, 5.41) is 3.76. The number of Topliss-reactive ketones (excluding diaryl/α,β-unsaturated/α-hetero) is 1. The van der Waals surface area contributed by atoms with Gasteiger partial charge in [-0.1, -0.05) is 32.0 Å². The highest BCUT2D eigenvalue weighted by molar-refractivity contribution is 6.45. The van der Waals surface area contributed by atoms with Gasteiger partial charge in [0, 0.05) is 35.7 Å². The summed E-state index contributed by atoms with van der Waals surface area (Å²) in [7, 11) is 0. The summed E-state index contributed by atoms with van der Waals surface area (Å²) >= 11 is 0. The van der Waals surface area contributed by atoms with Gasteiger partial charge in [-0.15, -0.1) is 0 Å². The molecule has 0 unspecified atom stereocenters. The molecule has 1 aromatic heterocycles. The van der Waals surface area contributed by atoms with Crippen LogP contribution in [0, 0.1) is 5.92 Å². The van der Waals surface area contributed by atoms with Gasteiger partial charge in [0.15, 0.2) is 0 Å². The van der Waals surface area contributed by atoms with Gasteiger partial charge in [0.05, 0.1) is 5.56 Å². The topological polar surface area (TPSA) is 54.3 Å². The van der Waals surface area contributed by atoms with Crippen molar-refractivity contribution in [2.75, 3.05) is 19.6 Å². The van der Waals surface area contributed by atoms with Gasteiger partial charge in [-0.2, -0.15) is 0 Å². The van der Waals surface area contributed by atoms with Crippen LogP contribution in [0.2, 0.25) is 0 Å². The van der Waals surface area contributed by atoms with Crippen molar-refractivity contribution in [3.8, 4) is 0 Å². The maximum Gasteiger partial charge on any atom is 0.292 e. The maximum atomic E-state index is 12.9. The van der Waals surface area contributed by atoms with Crippen molar-refractivity contribution in [2.24, 2.45) is 5.92 Å². The number of hydrogen-bond acceptors (Lipinski definition) is 3. The van der Waals surface area contributed by atoms with E-state index in [4.69, 9.17) is 0 Å². The van der Waals surface area contributed by atoms with Crippen LogP contribution in [0.1, 0.15) is 69.8 Å². The fraction of sp³-hybridized carbons (Fsp3) is 0.583. The number of carbonyl (C=O) groups excluding carboxylic acids is 2. The molecule has 0 bridgehead atoms. The van der Waals surface area contributed by atoms with Crippen molar-refractivity contribution >= 4 is 22.6 Å². The van der Waals surface area contributed by atoms with Crippen LogP contribution in [0.4, 0.5) is 0 Å². The molecule has 1 fully saturated rings. The SMILES string of the molecule is CCN(CC)C1CCC(CNC(=O)C(=O)c2cn(C(C)C)c3ccccc23)CC1. The molecule has 1 heterocycles. The van der Waals surface area contributed by atoms with E-state index in [1.165, 1.54) is 12.8 Å². The van der Waals surface area contributed by atoms with Crippen LogP contribution >= 0.6 is 0 Å². The Bertz CT molecular complexity index is 843. The molecule has 1 aromatic carbocycles. The summed E-state index contributed by atoms with van der Waals surface area (Å²) in [6.45, 7) is 11.4. The van der Waals surface area contributed by atoms with Crippen LogP contribution in [0.5, 0.6) is 0 Å². The number of aromatic nitrogens is 1. The second kappa shape index (κ2) is 9.57. The van der Waals surface area contributed by atoms with Gasteiger partial charge in [0.1, 0.15) is 0 Å². The quantitative estimate of drug-likeness (QED) is 0.530. The standard InChI is InChI=1S/C24H35N3O2/c1-5-26(6-2)19-13-11-18(12-14-19)15-25-24(29)23(28)21-16-27(17(3)4)22-10-8-7-9-20(21)22/h7-10,16-19H,5-6,11-15H2,1-4H3,(H,25,29). The predicted molar refractivity (Wildman–Crippen MR) is 118 cm³/mol. The van der Waals surface area contributed by atoms with E-state index in [1.807, 2.05) is 30.5 Å². The molecule has 1 saturated carbocycles. The Morgan fingerprint density at radius 3 is 2.38 bits per heavy atom. The Labute approximate surface area is 174 Å². The van der Waals surface area contributed by atoms with Gasteiger partial charge < -0.3 is 14.8 Å². The highest BCUT2D eigenvalue weighted by Gasteiger charge is 2.26. The number of fused-ring (bicyclic) bond motifs is 1. The third-order valence-corrected chi connectivity index (χ3v) is 6.44. The van der Waals surface area contributed by atoms with Crippen molar-refractivity contribution in [3.05, 3.63) is 36.0 Å². The average molecular weight is 398 g/mol. The lowest BCUT2D eigenvalue weighted by Gasteiger charge is -2.35. The van der Waals surface area contributed by atoms with E-state index in [9.17, 15) is 9.59 Å². The average Bonchev–Trinajstić information content (AvgIpc) is 3.13. The molecular formula is C24H35N3O2. The minimum atomic E-state index is -0.484. The maximum absolute atomic E-state index is 12.9. The van der Waals surface area contributed by atoms with Crippen molar-refractivity contribution in [3.63, 3.8) is 0 Å². The normalized spacial score (nSPS) is 19.8. The van der Waals surface area contributed by atoms with Crippen LogP contribution in [-0.4, -0.2) is 46.8 Å². The van der Waals surface area contributed by atoms with Gasteiger partial charge in [-0.05, 0) is 64.6 Å². The Morgan fingerprint density at radius 2 is 1.76 bits per heavy atom. The molecule has 1 aliphatic carbocycles. The number of nitrogens with zero attached hydrogens (tertiary/aromatic N) is 2. The molecule has 0 radical (unpaired) electrons. The van der Waals surface area contributed by atoms with E-state index in [0.29, 0.717) is 24.1 Å². The predicted octanol–water partition coefficient (Wildman–Crippen LogP) is 4.42. The van der Waals surface area contributed by atoms with Gasteiger partial charge in [0.2, 0.25) is 0 Å². The third-order valence-electron chi connectivity index (χ3n) is 6.44. The highest BCUT2D eigenvalue weighted by atomic mass is 16.2. The van der Waals surface area contributed by atoms with E-state index in [1.54, 1.807) is 0 Å².